The van der Waals surface area contributed by atoms with E-state index in [9.17, 15) is 4.79 Å². The lowest BCUT2D eigenvalue weighted by atomic mass is 10.1. The minimum Gasteiger partial charge on any atom is -0.338 e. The van der Waals surface area contributed by atoms with Crippen molar-refractivity contribution in [1.29, 1.82) is 0 Å². The number of rotatable bonds is 6. The smallest absolute Gasteiger partial charge is 0.319 e. The van der Waals surface area contributed by atoms with Crippen molar-refractivity contribution in [3.05, 3.63) is 82.3 Å². The Morgan fingerprint density at radius 1 is 1.00 bits per heavy atom. The maximum absolute atomic E-state index is 11.9. The molecule has 0 unspecified atom stereocenters. The van der Waals surface area contributed by atoms with E-state index in [0.29, 0.717) is 6.54 Å². The molecule has 0 aliphatic heterocycles. The van der Waals surface area contributed by atoms with Crippen LogP contribution in [0.1, 0.15) is 16.0 Å². The molecule has 24 heavy (non-hydrogen) atoms. The highest BCUT2D eigenvalue weighted by molar-refractivity contribution is 7.09. The molecule has 4 nitrogen and oxygen atoms in total. The zero-order chi connectivity index (χ0) is 16.6. The van der Waals surface area contributed by atoms with Crippen LogP contribution < -0.4 is 10.6 Å². The minimum absolute atomic E-state index is 0.173. The average molecular weight is 337 g/mol. The molecule has 3 rings (SSSR count). The number of aromatic nitrogens is 1. The van der Waals surface area contributed by atoms with Crippen LogP contribution in [0.25, 0.3) is 0 Å². The lowest BCUT2D eigenvalue weighted by molar-refractivity contribution is 0.252. The molecule has 2 N–H and O–H groups in total. The summed E-state index contributed by atoms with van der Waals surface area (Å²) in [6, 6.07) is 15.8. The van der Waals surface area contributed by atoms with Gasteiger partial charge in [0.2, 0.25) is 0 Å². The maximum Gasteiger partial charge on any atom is 0.319 e. The number of benzene rings is 1. The van der Waals surface area contributed by atoms with Crippen molar-refractivity contribution in [2.75, 3.05) is 11.9 Å². The van der Waals surface area contributed by atoms with Crippen molar-refractivity contribution in [2.24, 2.45) is 0 Å². The number of carbonyl (C=O) groups is 1. The minimum atomic E-state index is -0.173. The fourth-order valence-corrected chi connectivity index (χ4v) is 3.08. The number of urea groups is 1. The molecule has 3 aromatic rings. The van der Waals surface area contributed by atoms with E-state index >= 15 is 0 Å². The highest BCUT2D eigenvalue weighted by Crippen LogP contribution is 2.13. The standard InChI is InChI=1S/C19H19N3OS/c23-19(21-12-9-18-2-1-13-24-18)22-17-5-3-15(4-6-17)14-16-7-10-20-11-8-16/h1-8,10-11,13H,9,12,14H2,(H2,21,22,23). The summed E-state index contributed by atoms with van der Waals surface area (Å²) < 4.78 is 0. The number of nitrogens with zero attached hydrogens (tertiary/aromatic N) is 1. The van der Waals surface area contributed by atoms with E-state index in [2.05, 4.69) is 21.7 Å². The summed E-state index contributed by atoms with van der Waals surface area (Å²) in [5, 5.41) is 7.77. The molecule has 122 valence electrons. The van der Waals surface area contributed by atoms with Crippen LogP contribution in [0.3, 0.4) is 0 Å². The second-order valence-electron chi connectivity index (χ2n) is 5.44. The van der Waals surface area contributed by atoms with Gasteiger partial charge in [-0.05, 0) is 59.7 Å². The Kier molecular flexibility index (Phi) is 5.58. The summed E-state index contributed by atoms with van der Waals surface area (Å²) in [6.45, 7) is 0.631. The van der Waals surface area contributed by atoms with E-state index in [1.165, 1.54) is 16.0 Å². The molecule has 1 aromatic carbocycles. The van der Waals surface area contributed by atoms with Crippen LogP contribution in [0.5, 0.6) is 0 Å². The Bertz CT molecular complexity index is 755. The van der Waals surface area contributed by atoms with Crippen LogP contribution in [0.15, 0.2) is 66.3 Å². The molecule has 0 radical (unpaired) electrons. The van der Waals surface area contributed by atoms with Gasteiger partial charge in [-0.1, -0.05) is 18.2 Å². The second-order valence-corrected chi connectivity index (χ2v) is 6.47. The number of anilines is 1. The van der Waals surface area contributed by atoms with Crippen LogP contribution in [0.4, 0.5) is 10.5 Å². The fourth-order valence-electron chi connectivity index (χ4n) is 2.37. The zero-order valence-electron chi connectivity index (χ0n) is 13.2. The molecule has 0 fully saturated rings. The Morgan fingerprint density at radius 3 is 2.46 bits per heavy atom. The number of carbonyl (C=O) groups excluding carboxylic acids is 1. The first kappa shape index (κ1) is 16.2. The normalized spacial score (nSPS) is 10.3. The van der Waals surface area contributed by atoms with E-state index in [4.69, 9.17) is 0 Å². The third-order valence-corrected chi connectivity index (χ3v) is 4.54. The lowest BCUT2D eigenvalue weighted by Crippen LogP contribution is -2.30. The van der Waals surface area contributed by atoms with Gasteiger partial charge in [-0.2, -0.15) is 0 Å². The number of pyridine rings is 1. The lowest BCUT2D eigenvalue weighted by Gasteiger charge is -2.08. The van der Waals surface area contributed by atoms with Crippen LogP contribution in [0, 0.1) is 0 Å². The first-order valence-corrected chi connectivity index (χ1v) is 8.72. The monoisotopic (exact) mass is 337 g/mol. The Balaban J connectivity index is 1.46. The van der Waals surface area contributed by atoms with Crippen molar-refractivity contribution in [1.82, 2.24) is 10.3 Å². The van der Waals surface area contributed by atoms with Crippen LogP contribution in [-0.4, -0.2) is 17.6 Å². The van der Waals surface area contributed by atoms with Crippen molar-refractivity contribution in [2.45, 2.75) is 12.8 Å². The van der Waals surface area contributed by atoms with E-state index in [0.717, 1.165) is 18.5 Å². The molecule has 2 amide bonds. The number of hydrogen-bond acceptors (Lipinski definition) is 3. The third-order valence-electron chi connectivity index (χ3n) is 3.61. The van der Waals surface area contributed by atoms with Crippen LogP contribution in [0.2, 0.25) is 0 Å². The van der Waals surface area contributed by atoms with E-state index < -0.39 is 0 Å². The van der Waals surface area contributed by atoms with Gasteiger partial charge in [-0.25, -0.2) is 4.79 Å². The Labute approximate surface area is 145 Å². The van der Waals surface area contributed by atoms with Gasteiger partial charge in [0.05, 0.1) is 0 Å². The molecule has 0 saturated heterocycles. The molecule has 0 bridgehead atoms. The largest absolute Gasteiger partial charge is 0.338 e. The summed E-state index contributed by atoms with van der Waals surface area (Å²) >= 11 is 1.71. The predicted molar refractivity (Wildman–Crippen MR) is 98.5 cm³/mol. The van der Waals surface area contributed by atoms with Crippen molar-refractivity contribution in [3.8, 4) is 0 Å². The van der Waals surface area contributed by atoms with Gasteiger partial charge < -0.3 is 10.6 Å². The molecule has 2 heterocycles. The highest BCUT2D eigenvalue weighted by atomic mass is 32.1. The summed E-state index contributed by atoms with van der Waals surface area (Å²) in [6.07, 6.45) is 5.31. The molecule has 0 aliphatic carbocycles. The van der Waals surface area contributed by atoms with E-state index in [1.807, 2.05) is 47.8 Å². The summed E-state index contributed by atoms with van der Waals surface area (Å²) in [5.74, 6) is 0. The molecular formula is C19H19N3OS. The number of amides is 2. The molecular weight excluding hydrogens is 318 g/mol. The predicted octanol–water partition coefficient (Wildman–Crippen LogP) is 4.10. The van der Waals surface area contributed by atoms with E-state index in [1.54, 1.807) is 23.7 Å². The van der Waals surface area contributed by atoms with Gasteiger partial charge in [0.1, 0.15) is 0 Å². The zero-order valence-corrected chi connectivity index (χ0v) is 14.1. The van der Waals surface area contributed by atoms with Gasteiger partial charge in [0.25, 0.3) is 0 Å². The van der Waals surface area contributed by atoms with Crippen LogP contribution >= 0.6 is 11.3 Å². The van der Waals surface area contributed by atoms with Crippen molar-refractivity contribution in [3.63, 3.8) is 0 Å². The SMILES string of the molecule is O=C(NCCc1cccs1)Nc1ccc(Cc2ccncc2)cc1. The third kappa shape index (κ3) is 4.93. The molecule has 0 atom stereocenters. The topological polar surface area (TPSA) is 54.0 Å². The number of nitrogens with one attached hydrogen (secondary N) is 2. The Hall–Kier alpha value is -2.66. The quantitative estimate of drug-likeness (QED) is 0.711. The first-order valence-electron chi connectivity index (χ1n) is 7.85. The number of thiophene rings is 1. The average Bonchev–Trinajstić information content (AvgIpc) is 3.11. The molecule has 0 saturated carbocycles. The molecule has 0 spiro atoms. The van der Waals surface area contributed by atoms with Gasteiger partial charge >= 0.3 is 6.03 Å². The van der Waals surface area contributed by atoms with Gasteiger partial charge in [0, 0.05) is 29.5 Å². The van der Waals surface area contributed by atoms with Gasteiger partial charge in [-0.3, -0.25) is 4.98 Å². The maximum atomic E-state index is 11.9. The first-order chi connectivity index (χ1) is 11.8. The summed E-state index contributed by atoms with van der Waals surface area (Å²) in [4.78, 5) is 17.2. The second kappa shape index (κ2) is 8.26. The van der Waals surface area contributed by atoms with E-state index in [-0.39, 0.29) is 6.03 Å². The fraction of sp³-hybridized carbons (Fsp3) is 0.158. The van der Waals surface area contributed by atoms with Gasteiger partial charge in [0.15, 0.2) is 0 Å². The number of hydrogen-bond donors (Lipinski definition) is 2. The molecule has 5 heteroatoms. The van der Waals surface area contributed by atoms with Gasteiger partial charge in [-0.15, -0.1) is 11.3 Å². The van der Waals surface area contributed by atoms with Crippen molar-refractivity contribution < 1.29 is 4.79 Å². The highest BCUT2D eigenvalue weighted by Gasteiger charge is 2.02. The summed E-state index contributed by atoms with van der Waals surface area (Å²) in [5.41, 5.74) is 3.21. The van der Waals surface area contributed by atoms with Crippen molar-refractivity contribution >= 4 is 23.1 Å². The Morgan fingerprint density at radius 2 is 1.75 bits per heavy atom. The van der Waals surface area contributed by atoms with Crippen LogP contribution in [-0.2, 0) is 12.8 Å². The molecule has 0 aliphatic rings. The molecule has 2 aromatic heterocycles. The summed E-state index contributed by atoms with van der Waals surface area (Å²) in [7, 11) is 0.